The highest BCUT2D eigenvalue weighted by molar-refractivity contribution is 5.96. The second-order valence-corrected chi connectivity index (χ2v) is 7.46. The first-order valence-electron chi connectivity index (χ1n) is 9.95. The molecule has 0 aromatic carbocycles. The molecule has 4 amide bonds. The van der Waals surface area contributed by atoms with Crippen molar-refractivity contribution in [2.45, 2.75) is 62.7 Å². The van der Waals surface area contributed by atoms with Gasteiger partial charge in [0.1, 0.15) is 18.1 Å². The third-order valence-electron chi connectivity index (χ3n) is 4.85. The van der Waals surface area contributed by atoms with Crippen LogP contribution >= 0.6 is 0 Å². The summed E-state index contributed by atoms with van der Waals surface area (Å²) >= 11 is 0. The number of nitrogens with two attached hydrogens (primary N) is 2. The fourth-order valence-corrected chi connectivity index (χ4v) is 3.26. The van der Waals surface area contributed by atoms with E-state index in [-0.39, 0.29) is 13.0 Å². The fourth-order valence-electron chi connectivity index (χ4n) is 3.26. The summed E-state index contributed by atoms with van der Waals surface area (Å²) in [6.45, 7) is 0.0759. The molecule has 1 saturated heterocycles. The van der Waals surface area contributed by atoms with E-state index in [1.807, 2.05) is 0 Å². The molecule has 1 heterocycles. The van der Waals surface area contributed by atoms with E-state index in [4.69, 9.17) is 21.7 Å². The number of carboxylic acid groups (broad SMARTS) is 3. The highest BCUT2D eigenvalue weighted by atomic mass is 16.4. The smallest absolute Gasteiger partial charge is 0.326 e. The van der Waals surface area contributed by atoms with Gasteiger partial charge in [0, 0.05) is 13.0 Å². The van der Waals surface area contributed by atoms with Gasteiger partial charge < -0.3 is 42.3 Å². The number of nitrogens with one attached hydrogen (secondary N) is 2. The number of likely N-dealkylation sites (tertiary alicyclic amines) is 1. The summed E-state index contributed by atoms with van der Waals surface area (Å²) in [5.74, 6) is -7.97. The Balaban J connectivity index is 3.04. The number of rotatable bonds is 13. The van der Waals surface area contributed by atoms with Crippen molar-refractivity contribution in [2.75, 3.05) is 6.54 Å². The Morgan fingerprint density at radius 2 is 1.52 bits per heavy atom. The molecule has 4 unspecified atom stereocenters. The molecule has 15 heteroatoms. The normalized spacial score (nSPS) is 18.0. The molecule has 33 heavy (non-hydrogen) atoms. The van der Waals surface area contributed by atoms with Crippen molar-refractivity contribution >= 4 is 41.5 Å². The molecule has 0 aromatic heterocycles. The molecule has 1 aliphatic rings. The van der Waals surface area contributed by atoms with E-state index in [0.29, 0.717) is 6.42 Å². The SMILES string of the molecule is NC(=O)CC(N)C(=O)NC(CC(=O)O)C(=O)NC(CCC(=O)O)C(=O)N1CCCC1C(=O)O. The lowest BCUT2D eigenvalue weighted by molar-refractivity contribution is -0.150. The van der Waals surface area contributed by atoms with Gasteiger partial charge in [-0.25, -0.2) is 4.79 Å². The molecule has 1 aliphatic heterocycles. The Morgan fingerprint density at radius 3 is 2.03 bits per heavy atom. The summed E-state index contributed by atoms with van der Waals surface area (Å²) in [5, 5.41) is 31.6. The standard InChI is InChI=1S/C18H27N5O10/c19-8(6-12(20)24)15(29)22-10(7-14(27)28)16(30)21-9(3-4-13(25)26)17(31)23-5-1-2-11(23)18(32)33/h8-11H,1-7,19H2,(H2,20,24)(H,21,30)(H,22,29)(H,25,26)(H,27,28)(H,32,33). The van der Waals surface area contributed by atoms with Crippen LogP contribution in [0.1, 0.15) is 38.5 Å². The van der Waals surface area contributed by atoms with Crippen LogP contribution in [0.4, 0.5) is 0 Å². The van der Waals surface area contributed by atoms with Crippen molar-refractivity contribution in [2.24, 2.45) is 11.5 Å². The zero-order valence-corrected chi connectivity index (χ0v) is 17.6. The Morgan fingerprint density at radius 1 is 0.909 bits per heavy atom. The van der Waals surface area contributed by atoms with Gasteiger partial charge in [0.05, 0.1) is 18.9 Å². The molecule has 15 nitrogen and oxygen atoms in total. The third kappa shape index (κ3) is 8.72. The highest BCUT2D eigenvalue weighted by Crippen LogP contribution is 2.19. The van der Waals surface area contributed by atoms with Crippen molar-refractivity contribution in [3.63, 3.8) is 0 Å². The summed E-state index contributed by atoms with van der Waals surface area (Å²) in [4.78, 5) is 83.1. The van der Waals surface area contributed by atoms with E-state index >= 15 is 0 Å². The predicted octanol–water partition coefficient (Wildman–Crippen LogP) is -3.43. The lowest BCUT2D eigenvalue weighted by atomic mass is 10.1. The molecular weight excluding hydrogens is 446 g/mol. The number of amides is 4. The van der Waals surface area contributed by atoms with Crippen LogP contribution in [-0.2, 0) is 33.6 Å². The zero-order valence-electron chi connectivity index (χ0n) is 17.6. The van der Waals surface area contributed by atoms with E-state index in [2.05, 4.69) is 10.6 Å². The second kappa shape index (κ2) is 12.3. The Bertz CT molecular complexity index is 816. The summed E-state index contributed by atoms with van der Waals surface area (Å²) in [6.07, 6.45) is -1.88. The number of carboxylic acids is 3. The Kier molecular flexibility index (Phi) is 10.2. The number of carbonyl (C=O) groups excluding carboxylic acids is 4. The van der Waals surface area contributed by atoms with Crippen LogP contribution in [0.5, 0.6) is 0 Å². The molecule has 0 spiro atoms. The quantitative estimate of drug-likeness (QED) is 0.138. The number of primary amides is 1. The van der Waals surface area contributed by atoms with Crippen LogP contribution in [-0.4, -0.2) is 92.5 Å². The minimum atomic E-state index is -1.72. The summed E-state index contributed by atoms with van der Waals surface area (Å²) in [6, 6.07) is -5.82. The van der Waals surface area contributed by atoms with Crippen LogP contribution in [0.2, 0.25) is 0 Å². The molecule has 0 saturated carbocycles. The van der Waals surface area contributed by atoms with Crippen LogP contribution in [0.25, 0.3) is 0 Å². The van der Waals surface area contributed by atoms with Crippen molar-refractivity contribution < 1.29 is 48.9 Å². The zero-order chi connectivity index (χ0) is 25.3. The lowest BCUT2D eigenvalue weighted by Gasteiger charge is -2.28. The molecule has 9 N–H and O–H groups in total. The maximum absolute atomic E-state index is 12.9. The average molecular weight is 473 g/mol. The number of hydrogen-bond donors (Lipinski definition) is 7. The van der Waals surface area contributed by atoms with Gasteiger partial charge >= 0.3 is 17.9 Å². The molecule has 0 bridgehead atoms. The maximum atomic E-state index is 12.9. The number of aliphatic carboxylic acids is 3. The van der Waals surface area contributed by atoms with Gasteiger partial charge in [-0.15, -0.1) is 0 Å². The molecule has 4 atom stereocenters. The first kappa shape index (κ1) is 27.3. The lowest BCUT2D eigenvalue weighted by Crippen LogP contribution is -2.57. The van der Waals surface area contributed by atoms with E-state index < -0.39 is 91.4 Å². The molecule has 1 rings (SSSR count). The monoisotopic (exact) mass is 473 g/mol. The van der Waals surface area contributed by atoms with E-state index in [1.54, 1.807) is 0 Å². The molecule has 1 fully saturated rings. The minimum absolute atomic E-state index is 0.0759. The Hall–Kier alpha value is -3.75. The van der Waals surface area contributed by atoms with Crippen LogP contribution < -0.4 is 22.1 Å². The van der Waals surface area contributed by atoms with Gasteiger partial charge in [-0.3, -0.25) is 28.8 Å². The van der Waals surface area contributed by atoms with Gasteiger partial charge in [-0.1, -0.05) is 0 Å². The second-order valence-electron chi connectivity index (χ2n) is 7.46. The molecule has 184 valence electrons. The van der Waals surface area contributed by atoms with Crippen molar-refractivity contribution in [1.82, 2.24) is 15.5 Å². The molecule has 0 aliphatic carbocycles. The Labute approximate surface area is 187 Å². The summed E-state index contributed by atoms with van der Waals surface area (Å²) in [5.41, 5.74) is 10.4. The largest absolute Gasteiger partial charge is 0.481 e. The van der Waals surface area contributed by atoms with Gasteiger partial charge in [-0.05, 0) is 19.3 Å². The van der Waals surface area contributed by atoms with Crippen LogP contribution in [0.15, 0.2) is 0 Å². The minimum Gasteiger partial charge on any atom is -0.481 e. The molecular formula is C18H27N5O10. The first-order valence-corrected chi connectivity index (χ1v) is 9.95. The summed E-state index contributed by atoms with van der Waals surface area (Å²) in [7, 11) is 0. The van der Waals surface area contributed by atoms with Crippen LogP contribution in [0.3, 0.4) is 0 Å². The van der Waals surface area contributed by atoms with Gasteiger partial charge in [0.2, 0.25) is 23.6 Å². The average Bonchev–Trinajstić information content (AvgIpc) is 3.19. The topological polar surface area (TPSA) is 260 Å². The van der Waals surface area contributed by atoms with E-state index in [0.717, 1.165) is 4.90 Å². The maximum Gasteiger partial charge on any atom is 0.326 e. The van der Waals surface area contributed by atoms with Gasteiger partial charge in [0.25, 0.3) is 0 Å². The number of nitrogens with zero attached hydrogens (tertiary/aromatic N) is 1. The summed E-state index contributed by atoms with van der Waals surface area (Å²) < 4.78 is 0. The third-order valence-corrected chi connectivity index (χ3v) is 4.85. The van der Waals surface area contributed by atoms with Crippen molar-refractivity contribution in [3.8, 4) is 0 Å². The van der Waals surface area contributed by atoms with E-state index in [1.165, 1.54) is 0 Å². The fraction of sp³-hybridized carbons (Fsp3) is 0.611. The molecule has 0 radical (unpaired) electrons. The van der Waals surface area contributed by atoms with Gasteiger partial charge in [-0.2, -0.15) is 0 Å². The highest BCUT2D eigenvalue weighted by Gasteiger charge is 2.38. The van der Waals surface area contributed by atoms with Gasteiger partial charge in [0.15, 0.2) is 0 Å². The molecule has 0 aromatic rings. The number of carbonyl (C=O) groups is 7. The van der Waals surface area contributed by atoms with Crippen molar-refractivity contribution in [1.29, 1.82) is 0 Å². The van der Waals surface area contributed by atoms with Crippen molar-refractivity contribution in [3.05, 3.63) is 0 Å². The number of hydrogen-bond acceptors (Lipinski definition) is 8. The van der Waals surface area contributed by atoms with Crippen LogP contribution in [0, 0.1) is 0 Å². The predicted molar refractivity (Wildman–Crippen MR) is 107 cm³/mol. The first-order chi connectivity index (χ1) is 15.3. The van der Waals surface area contributed by atoms with E-state index in [9.17, 15) is 38.7 Å².